The maximum absolute atomic E-state index is 12.6. The molecule has 0 bridgehead atoms. The molecule has 4 N–H and O–H groups in total. The third kappa shape index (κ3) is 5.80. The number of rotatable bonds is 8. The van der Waals surface area contributed by atoms with Gasteiger partial charge in [-0.25, -0.2) is 4.79 Å². The molecule has 0 aliphatic carbocycles. The van der Waals surface area contributed by atoms with E-state index in [-0.39, 0.29) is 25.5 Å². The minimum Gasteiger partial charge on any atom is -0.398 e. The van der Waals surface area contributed by atoms with Crippen LogP contribution in [0.3, 0.4) is 0 Å². The number of aromatic nitrogens is 2. The number of amides is 2. The number of benzene rings is 1. The number of carbonyl (C=O) groups is 2. The van der Waals surface area contributed by atoms with Crippen molar-refractivity contribution in [2.45, 2.75) is 26.0 Å². The number of anilines is 1. The Morgan fingerprint density at radius 3 is 2.43 bits per heavy atom. The molecule has 1 heterocycles. The Morgan fingerprint density at radius 2 is 1.83 bits per heavy atom. The van der Waals surface area contributed by atoms with E-state index in [4.69, 9.17) is 5.73 Å². The van der Waals surface area contributed by atoms with Gasteiger partial charge in [0.05, 0.1) is 6.10 Å². The van der Waals surface area contributed by atoms with E-state index in [9.17, 15) is 24.3 Å². The topological polar surface area (TPSA) is 142 Å². The Bertz CT molecular complexity index is 1030. The summed E-state index contributed by atoms with van der Waals surface area (Å²) < 4.78 is 1.06. The third-order valence-electron chi connectivity index (χ3n) is 4.72. The minimum absolute atomic E-state index is 0.00446. The summed E-state index contributed by atoms with van der Waals surface area (Å²) in [7, 11) is 3.03. The van der Waals surface area contributed by atoms with Gasteiger partial charge in [0.2, 0.25) is 5.91 Å². The number of nitrogens with two attached hydrogens (primary N) is 1. The Balaban J connectivity index is 1.93. The van der Waals surface area contributed by atoms with E-state index in [1.165, 1.54) is 23.0 Å². The lowest BCUT2D eigenvalue weighted by Crippen LogP contribution is -2.43. The van der Waals surface area contributed by atoms with E-state index in [0.717, 1.165) is 22.6 Å². The van der Waals surface area contributed by atoms with Crippen molar-refractivity contribution in [2.24, 2.45) is 0 Å². The van der Waals surface area contributed by atoms with Gasteiger partial charge in [0.1, 0.15) is 6.54 Å². The molecule has 10 nitrogen and oxygen atoms in total. The lowest BCUT2D eigenvalue weighted by atomic mass is 10.1. The molecule has 0 fully saturated rings. The van der Waals surface area contributed by atoms with Gasteiger partial charge >= 0.3 is 5.69 Å². The summed E-state index contributed by atoms with van der Waals surface area (Å²) in [6.07, 6.45) is 0.999. The predicted molar refractivity (Wildman–Crippen MR) is 112 cm³/mol. The number of aliphatic hydroxyl groups excluding tert-OH is 1. The molecule has 2 aromatic rings. The number of nitrogen functional groups attached to an aromatic ring is 1. The van der Waals surface area contributed by atoms with E-state index in [1.807, 2.05) is 6.92 Å². The zero-order valence-corrected chi connectivity index (χ0v) is 17.3. The number of aromatic amines is 1. The number of hydrogen-bond acceptors (Lipinski definition) is 6. The fraction of sp³-hybridized carbons (Fsp3) is 0.400. The van der Waals surface area contributed by atoms with Gasteiger partial charge in [0.15, 0.2) is 0 Å². The molecular weight excluding hydrogens is 390 g/mol. The first-order chi connectivity index (χ1) is 14.1. The Kier molecular flexibility index (Phi) is 7.54. The van der Waals surface area contributed by atoms with Crippen LogP contribution in [0.25, 0.3) is 0 Å². The number of nitrogens with zero attached hydrogens (tertiary/aromatic N) is 3. The highest BCUT2D eigenvalue weighted by atomic mass is 16.3. The fourth-order valence-electron chi connectivity index (χ4n) is 2.98. The summed E-state index contributed by atoms with van der Waals surface area (Å²) in [6, 6.07) is 6.25. The van der Waals surface area contributed by atoms with Crippen molar-refractivity contribution < 1.29 is 14.7 Å². The summed E-state index contributed by atoms with van der Waals surface area (Å²) in [6.45, 7) is 1.66. The molecule has 0 aliphatic rings. The molecule has 0 spiro atoms. The van der Waals surface area contributed by atoms with Crippen LogP contribution in [-0.2, 0) is 17.8 Å². The van der Waals surface area contributed by atoms with Gasteiger partial charge in [0.25, 0.3) is 11.5 Å². The molecule has 162 valence electrons. The van der Waals surface area contributed by atoms with E-state index < -0.39 is 23.3 Å². The van der Waals surface area contributed by atoms with Crippen molar-refractivity contribution in [3.8, 4) is 0 Å². The first-order valence-corrected chi connectivity index (χ1v) is 9.48. The summed E-state index contributed by atoms with van der Waals surface area (Å²) in [5.41, 5.74) is 6.62. The second-order valence-corrected chi connectivity index (χ2v) is 7.12. The highest BCUT2D eigenvalue weighted by Gasteiger charge is 2.19. The van der Waals surface area contributed by atoms with Crippen molar-refractivity contribution in [3.05, 3.63) is 62.4 Å². The predicted octanol–water partition coefficient (Wildman–Crippen LogP) is -0.727. The molecule has 0 saturated carbocycles. The molecule has 1 aromatic heterocycles. The van der Waals surface area contributed by atoms with Crippen LogP contribution in [0.5, 0.6) is 0 Å². The van der Waals surface area contributed by atoms with Gasteiger partial charge in [0, 0.05) is 50.7 Å². The van der Waals surface area contributed by atoms with E-state index in [2.05, 4.69) is 4.98 Å². The van der Waals surface area contributed by atoms with Gasteiger partial charge in [-0.1, -0.05) is 13.0 Å². The molecule has 2 amide bonds. The summed E-state index contributed by atoms with van der Waals surface area (Å²) in [5, 5.41) is 10.3. The quantitative estimate of drug-likeness (QED) is 0.484. The minimum atomic E-state index is -0.993. The molecule has 1 atom stereocenters. The molecule has 2 rings (SSSR count). The van der Waals surface area contributed by atoms with Crippen LogP contribution in [0, 0.1) is 0 Å². The van der Waals surface area contributed by atoms with Crippen LogP contribution >= 0.6 is 0 Å². The molecule has 1 unspecified atom stereocenters. The van der Waals surface area contributed by atoms with Crippen molar-refractivity contribution >= 4 is 17.5 Å². The van der Waals surface area contributed by atoms with Crippen molar-refractivity contribution in [2.75, 3.05) is 32.9 Å². The largest absolute Gasteiger partial charge is 0.398 e. The number of aryl methyl sites for hydroxylation is 1. The maximum atomic E-state index is 12.6. The van der Waals surface area contributed by atoms with Gasteiger partial charge in [-0.3, -0.25) is 23.9 Å². The van der Waals surface area contributed by atoms with E-state index in [0.29, 0.717) is 11.3 Å². The van der Waals surface area contributed by atoms with Gasteiger partial charge in [-0.2, -0.15) is 0 Å². The van der Waals surface area contributed by atoms with Crippen LogP contribution in [-0.4, -0.2) is 69.6 Å². The number of carbonyl (C=O) groups excluding carboxylic acids is 2. The van der Waals surface area contributed by atoms with Crippen LogP contribution in [0.2, 0.25) is 0 Å². The first-order valence-electron chi connectivity index (χ1n) is 9.48. The smallest absolute Gasteiger partial charge is 0.328 e. The zero-order valence-electron chi connectivity index (χ0n) is 17.3. The normalized spacial score (nSPS) is 11.7. The average Bonchev–Trinajstić information content (AvgIpc) is 2.69. The van der Waals surface area contributed by atoms with Crippen LogP contribution in [0.15, 0.2) is 40.1 Å². The molecule has 0 radical (unpaired) electrons. The summed E-state index contributed by atoms with van der Waals surface area (Å²) in [4.78, 5) is 52.3. The average molecular weight is 417 g/mol. The summed E-state index contributed by atoms with van der Waals surface area (Å²) in [5.74, 6) is -0.725. The van der Waals surface area contributed by atoms with Crippen LogP contribution < -0.4 is 17.0 Å². The standard InChI is InChI=1S/C20H27N5O5/c1-4-13-5-6-14(9-16(13)21)19(29)24(3)11-15(26)10-23(2)18(28)12-25-8-7-17(27)22-20(25)30/h5-9,15,26H,4,10-12,21H2,1-3H3,(H,22,27,30). The van der Waals surface area contributed by atoms with Crippen molar-refractivity contribution in [1.29, 1.82) is 0 Å². The monoisotopic (exact) mass is 417 g/mol. The number of H-pyrrole nitrogens is 1. The van der Waals surface area contributed by atoms with Crippen LogP contribution in [0.4, 0.5) is 5.69 Å². The lowest BCUT2D eigenvalue weighted by Gasteiger charge is -2.25. The van der Waals surface area contributed by atoms with Gasteiger partial charge in [-0.05, 0) is 24.1 Å². The number of aliphatic hydroxyl groups is 1. The molecule has 0 saturated heterocycles. The molecule has 0 aliphatic heterocycles. The van der Waals surface area contributed by atoms with Gasteiger partial charge in [-0.15, -0.1) is 0 Å². The summed E-state index contributed by atoms with van der Waals surface area (Å²) >= 11 is 0. The SMILES string of the molecule is CCc1ccc(C(=O)N(C)CC(O)CN(C)C(=O)Cn2ccc(=O)[nH]c2=O)cc1N. The fourth-order valence-corrected chi connectivity index (χ4v) is 2.98. The second kappa shape index (κ2) is 9.88. The van der Waals surface area contributed by atoms with Crippen molar-refractivity contribution in [3.63, 3.8) is 0 Å². The van der Waals surface area contributed by atoms with Crippen molar-refractivity contribution in [1.82, 2.24) is 19.4 Å². The molecule has 10 heteroatoms. The zero-order chi connectivity index (χ0) is 22.4. The van der Waals surface area contributed by atoms with E-state index in [1.54, 1.807) is 25.2 Å². The van der Waals surface area contributed by atoms with E-state index >= 15 is 0 Å². The second-order valence-electron chi connectivity index (χ2n) is 7.12. The molecule has 1 aromatic carbocycles. The maximum Gasteiger partial charge on any atom is 0.328 e. The highest BCUT2D eigenvalue weighted by Crippen LogP contribution is 2.16. The molecule has 30 heavy (non-hydrogen) atoms. The van der Waals surface area contributed by atoms with Crippen LogP contribution in [0.1, 0.15) is 22.8 Å². The number of likely N-dealkylation sites (N-methyl/N-ethyl adjacent to an activating group) is 2. The highest BCUT2D eigenvalue weighted by molar-refractivity contribution is 5.95. The first kappa shape index (κ1) is 22.9. The number of hydrogen-bond donors (Lipinski definition) is 3. The molecular formula is C20H27N5O5. The Labute approximate surface area is 173 Å². The number of nitrogens with one attached hydrogen (secondary N) is 1. The van der Waals surface area contributed by atoms with Gasteiger partial charge < -0.3 is 20.6 Å². The Morgan fingerprint density at radius 1 is 1.17 bits per heavy atom. The Hall–Kier alpha value is -3.40. The lowest BCUT2D eigenvalue weighted by molar-refractivity contribution is -0.131. The third-order valence-corrected chi connectivity index (χ3v) is 4.72.